The first-order valence-electron chi connectivity index (χ1n) is 9.52. The van der Waals surface area contributed by atoms with E-state index in [1.54, 1.807) is 35.0 Å². The third-order valence-electron chi connectivity index (χ3n) is 5.55. The minimum Gasteiger partial charge on any atom is -0.388 e. The fraction of sp³-hybridized carbons (Fsp3) is 0.333. The van der Waals surface area contributed by atoms with Gasteiger partial charge in [0.15, 0.2) is 0 Å². The third kappa shape index (κ3) is 3.98. The summed E-state index contributed by atoms with van der Waals surface area (Å²) in [6.07, 6.45) is 2.57. The SMILES string of the molecule is CC1(C)NCn2c(nc(-c3ccncn3)cc2=O)C1C[C@H](O)c1ccc(Cl)c(Cl)c1. The van der Waals surface area contributed by atoms with E-state index < -0.39 is 11.6 Å². The topological polar surface area (TPSA) is 92.9 Å². The Morgan fingerprint density at radius 3 is 2.73 bits per heavy atom. The van der Waals surface area contributed by atoms with Crippen molar-refractivity contribution in [2.45, 2.75) is 44.5 Å². The number of hydrogen-bond donors (Lipinski definition) is 2. The number of benzene rings is 1. The largest absolute Gasteiger partial charge is 0.388 e. The molecule has 0 spiro atoms. The second-order valence-corrected chi connectivity index (χ2v) is 8.71. The van der Waals surface area contributed by atoms with Crippen molar-refractivity contribution < 1.29 is 5.11 Å². The minimum atomic E-state index is -0.808. The van der Waals surface area contributed by atoms with Crippen molar-refractivity contribution in [2.24, 2.45) is 0 Å². The summed E-state index contributed by atoms with van der Waals surface area (Å²) in [5, 5.41) is 15.1. The van der Waals surface area contributed by atoms with Gasteiger partial charge in [-0.15, -0.1) is 0 Å². The second-order valence-electron chi connectivity index (χ2n) is 7.89. The summed E-state index contributed by atoms with van der Waals surface area (Å²) < 4.78 is 1.60. The van der Waals surface area contributed by atoms with Crippen LogP contribution in [0.5, 0.6) is 0 Å². The molecule has 7 nitrogen and oxygen atoms in total. The van der Waals surface area contributed by atoms with E-state index in [9.17, 15) is 9.90 Å². The Labute approximate surface area is 183 Å². The Morgan fingerprint density at radius 1 is 1.23 bits per heavy atom. The fourth-order valence-electron chi connectivity index (χ4n) is 3.73. The zero-order valence-corrected chi connectivity index (χ0v) is 18.0. The van der Waals surface area contributed by atoms with Crippen LogP contribution in [-0.4, -0.2) is 30.2 Å². The zero-order valence-electron chi connectivity index (χ0n) is 16.5. The smallest absolute Gasteiger partial charge is 0.255 e. The molecule has 0 radical (unpaired) electrons. The molecule has 0 saturated carbocycles. The summed E-state index contributed by atoms with van der Waals surface area (Å²) in [4.78, 5) is 25.7. The quantitative estimate of drug-likeness (QED) is 0.637. The van der Waals surface area contributed by atoms with Crippen molar-refractivity contribution in [1.29, 1.82) is 0 Å². The van der Waals surface area contributed by atoms with E-state index in [2.05, 4.69) is 15.3 Å². The Hall–Kier alpha value is -2.32. The highest BCUT2D eigenvalue weighted by atomic mass is 35.5. The first-order chi connectivity index (χ1) is 14.3. The molecule has 156 valence electrons. The molecule has 9 heteroatoms. The summed E-state index contributed by atoms with van der Waals surface area (Å²) in [5.74, 6) is 0.365. The summed E-state index contributed by atoms with van der Waals surface area (Å²) in [6.45, 7) is 4.41. The number of aromatic nitrogens is 4. The van der Waals surface area contributed by atoms with Gasteiger partial charge in [0.25, 0.3) is 5.56 Å². The highest BCUT2D eigenvalue weighted by molar-refractivity contribution is 6.42. The minimum absolute atomic E-state index is 0.175. The summed E-state index contributed by atoms with van der Waals surface area (Å²) in [7, 11) is 0. The van der Waals surface area contributed by atoms with Crippen molar-refractivity contribution in [3.8, 4) is 11.4 Å². The maximum Gasteiger partial charge on any atom is 0.255 e. The van der Waals surface area contributed by atoms with E-state index in [4.69, 9.17) is 28.2 Å². The average Bonchev–Trinajstić information content (AvgIpc) is 2.72. The van der Waals surface area contributed by atoms with Crippen LogP contribution in [0.25, 0.3) is 11.4 Å². The van der Waals surface area contributed by atoms with Gasteiger partial charge >= 0.3 is 0 Å². The molecule has 0 aliphatic carbocycles. The van der Waals surface area contributed by atoms with Gasteiger partial charge in [0.1, 0.15) is 12.2 Å². The molecule has 0 fully saturated rings. The molecule has 0 amide bonds. The van der Waals surface area contributed by atoms with Crippen LogP contribution in [0.15, 0.2) is 47.7 Å². The lowest BCUT2D eigenvalue weighted by Crippen LogP contribution is -2.53. The van der Waals surface area contributed by atoms with E-state index >= 15 is 0 Å². The molecule has 0 saturated heterocycles. The lowest BCUT2D eigenvalue weighted by molar-refractivity contribution is 0.119. The van der Waals surface area contributed by atoms with Crippen molar-refractivity contribution in [3.05, 3.63) is 74.6 Å². The maximum atomic E-state index is 12.8. The highest BCUT2D eigenvalue weighted by Gasteiger charge is 2.39. The molecular weight excluding hydrogens is 425 g/mol. The third-order valence-corrected chi connectivity index (χ3v) is 6.28. The van der Waals surface area contributed by atoms with Crippen LogP contribution in [0.3, 0.4) is 0 Å². The van der Waals surface area contributed by atoms with Crippen molar-refractivity contribution in [2.75, 3.05) is 0 Å². The van der Waals surface area contributed by atoms with Crippen LogP contribution < -0.4 is 10.9 Å². The molecule has 3 aromatic rings. The van der Waals surface area contributed by atoms with Crippen molar-refractivity contribution in [1.82, 2.24) is 24.8 Å². The Balaban J connectivity index is 1.75. The number of nitrogens with one attached hydrogen (secondary N) is 1. The number of halogens is 2. The van der Waals surface area contributed by atoms with E-state index in [1.807, 2.05) is 13.8 Å². The lowest BCUT2D eigenvalue weighted by atomic mass is 9.80. The fourth-order valence-corrected chi connectivity index (χ4v) is 4.04. The first-order valence-corrected chi connectivity index (χ1v) is 10.3. The Kier molecular flexibility index (Phi) is 5.63. The Bertz CT molecular complexity index is 1130. The number of aliphatic hydroxyl groups excluding tert-OH is 1. The molecule has 1 aliphatic rings. The maximum absolute atomic E-state index is 12.8. The molecule has 0 bridgehead atoms. The van der Waals surface area contributed by atoms with E-state index in [1.165, 1.54) is 12.4 Å². The Morgan fingerprint density at radius 2 is 2.03 bits per heavy atom. The van der Waals surface area contributed by atoms with E-state index in [0.717, 1.165) is 0 Å². The molecule has 2 aromatic heterocycles. The van der Waals surface area contributed by atoms with Crippen LogP contribution in [-0.2, 0) is 6.67 Å². The molecule has 1 unspecified atom stereocenters. The predicted molar refractivity (Wildman–Crippen MR) is 116 cm³/mol. The van der Waals surface area contributed by atoms with Gasteiger partial charge < -0.3 is 5.11 Å². The van der Waals surface area contributed by atoms with Gasteiger partial charge in [-0.1, -0.05) is 29.3 Å². The standard InChI is InChI=1S/C21H21Cl2N5O2/c1-21(2)13(8-18(29)12-3-4-14(22)15(23)7-12)20-27-17(16-5-6-24-10-25-16)9-19(30)28(20)11-26-21/h3-7,9-10,13,18,26,29H,8,11H2,1-2H3/t13?,18-/m0/s1. The molecule has 1 aromatic carbocycles. The van der Waals surface area contributed by atoms with Gasteiger partial charge in [-0.3, -0.25) is 14.7 Å². The van der Waals surface area contributed by atoms with Crippen LogP contribution in [0.1, 0.15) is 43.7 Å². The highest BCUT2D eigenvalue weighted by Crippen LogP contribution is 2.38. The normalized spacial score (nSPS) is 18.6. The first kappa shape index (κ1) is 20.9. The number of nitrogens with zero attached hydrogens (tertiary/aromatic N) is 4. The summed E-state index contributed by atoms with van der Waals surface area (Å²) >= 11 is 12.1. The molecule has 30 heavy (non-hydrogen) atoms. The zero-order chi connectivity index (χ0) is 21.5. The van der Waals surface area contributed by atoms with E-state index in [0.29, 0.717) is 45.9 Å². The average molecular weight is 446 g/mol. The molecule has 3 heterocycles. The van der Waals surface area contributed by atoms with Crippen LogP contribution in [0.4, 0.5) is 0 Å². The molecule has 2 atom stereocenters. The van der Waals surface area contributed by atoms with Gasteiger partial charge in [0, 0.05) is 23.7 Å². The number of rotatable bonds is 4. The van der Waals surface area contributed by atoms with Crippen LogP contribution in [0.2, 0.25) is 10.0 Å². The van der Waals surface area contributed by atoms with E-state index in [-0.39, 0.29) is 11.5 Å². The van der Waals surface area contributed by atoms with Crippen LogP contribution >= 0.6 is 23.2 Å². The molecular formula is C21H21Cl2N5O2. The van der Waals surface area contributed by atoms with Gasteiger partial charge in [-0.2, -0.15) is 0 Å². The number of hydrogen-bond acceptors (Lipinski definition) is 6. The molecule has 1 aliphatic heterocycles. The predicted octanol–water partition coefficient (Wildman–Crippen LogP) is 3.55. The summed E-state index contributed by atoms with van der Waals surface area (Å²) in [6, 6.07) is 8.26. The van der Waals surface area contributed by atoms with Gasteiger partial charge in [-0.25, -0.2) is 15.0 Å². The van der Waals surface area contributed by atoms with Crippen LogP contribution in [0, 0.1) is 0 Å². The van der Waals surface area contributed by atoms with Gasteiger partial charge in [0.05, 0.1) is 34.2 Å². The van der Waals surface area contributed by atoms with Crippen molar-refractivity contribution in [3.63, 3.8) is 0 Å². The second kappa shape index (κ2) is 8.07. The number of fused-ring (bicyclic) bond motifs is 1. The lowest BCUT2D eigenvalue weighted by Gasteiger charge is -2.41. The summed E-state index contributed by atoms with van der Waals surface area (Å²) in [5.41, 5.74) is 1.14. The van der Waals surface area contributed by atoms with Gasteiger partial charge in [0.2, 0.25) is 0 Å². The number of aliphatic hydroxyl groups is 1. The molecule has 2 N–H and O–H groups in total. The van der Waals surface area contributed by atoms with Gasteiger partial charge in [-0.05, 0) is 44.0 Å². The van der Waals surface area contributed by atoms with Crippen molar-refractivity contribution >= 4 is 23.2 Å². The molecule has 4 rings (SSSR count). The monoisotopic (exact) mass is 445 g/mol.